The van der Waals surface area contributed by atoms with Crippen LogP contribution in [-0.4, -0.2) is 44.2 Å². The SMILES string of the molecule is COc1ccccc1OCC(O)CNCC(F)(F)F. The van der Waals surface area contributed by atoms with Crippen LogP contribution in [0.1, 0.15) is 0 Å². The number of hydrogen-bond donors (Lipinski definition) is 2. The number of alkyl halides is 3. The molecule has 0 aliphatic heterocycles. The van der Waals surface area contributed by atoms with E-state index in [2.05, 4.69) is 5.32 Å². The van der Waals surface area contributed by atoms with Gasteiger partial charge in [0.05, 0.1) is 13.7 Å². The van der Waals surface area contributed by atoms with Crippen molar-refractivity contribution in [3.63, 3.8) is 0 Å². The predicted octanol–water partition coefficient (Wildman–Crippen LogP) is 1.59. The Kier molecular flexibility index (Phi) is 5.91. The van der Waals surface area contributed by atoms with Crippen molar-refractivity contribution in [3.05, 3.63) is 24.3 Å². The van der Waals surface area contributed by atoms with E-state index in [1.807, 2.05) is 0 Å². The molecule has 0 heterocycles. The number of rotatable bonds is 7. The maximum Gasteiger partial charge on any atom is 0.401 e. The number of nitrogens with one attached hydrogen (secondary N) is 1. The van der Waals surface area contributed by atoms with E-state index >= 15 is 0 Å². The van der Waals surface area contributed by atoms with Crippen LogP contribution in [0.15, 0.2) is 24.3 Å². The second-order valence-electron chi connectivity index (χ2n) is 3.86. The topological polar surface area (TPSA) is 50.7 Å². The van der Waals surface area contributed by atoms with Crippen LogP contribution in [0.5, 0.6) is 11.5 Å². The highest BCUT2D eigenvalue weighted by molar-refractivity contribution is 5.39. The minimum Gasteiger partial charge on any atom is -0.493 e. The number of benzene rings is 1. The first kappa shape index (κ1) is 15.6. The van der Waals surface area contributed by atoms with Gasteiger partial charge in [-0.3, -0.25) is 0 Å². The molecule has 1 aromatic carbocycles. The fourth-order valence-corrected chi connectivity index (χ4v) is 1.36. The first-order valence-electron chi connectivity index (χ1n) is 5.63. The summed E-state index contributed by atoms with van der Waals surface area (Å²) in [5.41, 5.74) is 0. The fourth-order valence-electron chi connectivity index (χ4n) is 1.36. The van der Waals surface area contributed by atoms with Crippen LogP contribution in [0.25, 0.3) is 0 Å². The molecular formula is C12H16F3NO3. The number of halogens is 3. The molecule has 0 saturated carbocycles. The van der Waals surface area contributed by atoms with Crippen molar-refractivity contribution < 1.29 is 27.8 Å². The third-order valence-corrected chi connectivity index (χ3v) is 2.21. The minimum atomic E-state index is -4.29. The Bertz CT molecular complexity index is 385. The van der Waals surface area contributed by atoms with Gasteiger partial charge in [-0.25, -0.2) is 0 Å². The minimum absolute atomic E-state index is 0.120. The molecule has 0 amide bonds. The van der Waals surface area contributed by atoms with Crippen molar-refractivity contribution in [1.82, 2.24) is 5.32 Å². The number of aliphatic hydroxyl groups is 1. The second-order valence-corrected chi connectivity index (χ2v) is 3.86. The molecule has 0 aliphatic rings. The van der Waals surface area contributed by atoms with Gasteiger partial charge in [0.15, 0.2) is 11.5 Å². The quantitative estimate of drug-likeness (QED) is 0.796. The van der Waals surface area contributed by atoms with Crippen LogP contribution in [0.3, 0.4) is 0 Å². The van der Waals surface area contributed by atoms with Crippen LogP contribution < -0.4 is 14.8 Å². The summed E-state index contributed by atoms with van der Waals surface area (Å²) in [5, 5.41) is 11.6. The maximum absolute atomic E-state index is 11.9. The lowest BCUT2D eigenvalue weighted by Gasteiger charge is -2.15. The highest BCUT2D eigenvalue weighted by Gasteiger charge is 2.26. The van der Waals surface area contributed by atoms with Crippen molar-refractivity contribution in [1.29, 1.82) is 0 Å². The van der Waals surface area contributed by atoms with Gasteiger partial charge in [0.1, 0.15) is 12.7 Å². The van der Waals surface area contributed by atoms with Crippen molar-refractivity contribution in [2.45, 2.75) is 12.3 Å². The van der Waals surface area contributed by atoms with E-state index in [0.29, 0.717) is 11.5 Å². The molecule has 108 valence electrons. The zero-order valence-corrected chi connectivity index (χ0v) is 10.4. The van der Waals surface area contributed by atoms with Gasteiger partial charge in [-0.1, -0.05) is 12.1 Å². The Morgan fingerprint density at radius 2 is 1.89 bits per heavy atom. The second kappa shape index (κ2) is 7.20. The Balaban J connectivity index is 2.32. The van der Waals surface area contributed by atoms with Gasteiger partial charge in [0.25, 0.3) is 0 Å². The molecular weight excluding hydrogens is 263 g/mol. The summed E-state index contributed by atoms with van der Waals surface area (Å²) in [6.45, 7) is -1.46. The summed E-state index contributed by atoms with van der Waals surface area (Å²) in [4.78, 5) is 0. The lowest BCUT2D eigenvalue weighted by atomic mass is 10.3. The van der Waals surface area contributed by atoms with Gasteiger partial charge >= 0.3 is 6.18 Å². The summed E-state index contributed by atoms with van der Waals surface area (Å²) in [7, 11) is 1.48. The molecule has 19 heavy (non-hydrogen) atoms. The van der Waals surface area contributed by atoms with Crippen LogP contribution in [0.4, 0.5) is 13.2 Å². The summed E-state index contributed by atoms with van der Waals surface area (Å²) in [6.07, 6.45) is -5.32. The van der Waals surface area contributed by atoms with E-state index in [1.54, 1.807) is 24.3 Å². The van der Waals surface area contributed by atoms with Crippen molar-refractivity contribution in [2.24, 2.45) is 0 Å². The number of aliphatic hydroxyl groups excluding tert-OH is 1. The van der Waals surface area contributed by atoms with Crippen LogP contribution in [0.2, 0.25) is 0 Å². The lowest BCUT2D eigenvalue weighted by molar-refractivity contribution is -0.125. The summed E-state index contributed by atoms with van der Waals surface area (Å²) in [6, 6.07) is 6.82. The van der Waals surface area contributed by atoms with Gasteiger partial charge in [0, 0.05) is 6.54 Å². The number of para-hydroxylation sites is 2. The predicted molar refractivity (Wildman–Crippen MR) is 63.4 cm³/mol. The summed E-state index contributed by atoms with van der Waals surface area (Å²) in [5.74, 6) is 0.929. The third-order valence-electron chi connectivity index (χ3n) is 2.21. The number of hydrogen-bond acceptors (Lipinski definition) is 4. The summed E-state index contributed by atoms with van der Waals surface area (Å²) >= 11 is 0. The van der Waals surface area contributed by atoms with E-state index < -0.39 is 18.8 Å². The van der Waals surface area contributed by atoms with E-state index in [9.17, 15) is 18.3 Å². The normalized spacial score (nSPS) is 13.1. The smallest absolute Gasteiger partial charge is 0.401 e. The average Bonchev–Trinajstić information content (AvgIpc) is 2.35. The van der Waals surface area contributed by atoms with Gasteiger partial charge < -0.3 is 19.9 Å². The molecule has 0 saturated heterocycles. The van der Waals surface area contributed by atoms with E-state index in [-0.39, 0.29) is 13.2 Å². The molecule has 1 atom stereocenters. The summed E-state index contributed by atoms with van der Waals surface area (Å²) < 4.78 is 45.9. The van der Waals surface area contributed by atoms with Crippen LogP contribution >= 0.6 is 0 Å². The molecule has 0 bridgehead atoms. The van der Waals surface area contributed by atoms with Gasteiger partial charge in [0.2, 0.25) is 0 Å². The van der Waals surface area contributed by atoms with E-state index in [1.165, 1.54) is 7.11 Å². The number of methoxy groups -OCH3 is 1. The van der Waals surface area contributed by atoms with Gasteiger partial charge in [-0.05, 0) is 12.1 Å². The van der Waals surface area contributed by atoms with Crippen molar-refractivity contribution in [3.8, 4) is 11.5 Å². The van der Waals surface area contributed by atoms with Crippen molar-refractivity contribution in [2.75, 3.05) is 26.8 Å². The Hall–Kier alpha value is -1.47. The van der Waals surface area contributed by atoms with Gasteiger partial charge in [-0.15, -0.1) is 0 Å². The van der Waals surface area contributed by atoms with Crippen LogP contribution in [-0.2, 0) is 0 Å². The van der Waals surface area contributed by atoms with Crippen LogP contribution in [0, 0.1) is 0 Å². The van der Waals surface area contributed by atoms with E-state index in [0.717, 1.165) is 0 Å². The molecule has 0 fully saturated rings. The fraction of sp³-hybridized carbons (Fsp3) is 0.500. The van der Waals surface area contributed by atoms with E-state index in [4.69, 9.17) is 9.47 Å². The molecule has 1 unspecified atom stereocenters. The van der Waals surface area contributed by atoms with Gasteiger partial charge in [-0.2, -0.15) is 13.2 Å². The Labute approximate surface area is 109 Å². The van der Waals surface area contributed by atoms with Crippen molar-refractivity contribution >= 4 is 0 Å². The lowest BCUT2D eigenvalue weighted by Crippen LogP contribution is -2.37. The molecule has 0 aliphatic carbocycles. The first-order chi connectivity index (χ1) is 8.92. The maximum atomic E-state index is 11.9. The monoisotopic (exact) mass is 279 g/mol. The molecule has 2 N–H and O–H groups in total. The molecule has 1 aromatic rings. The average molecular weight is 279 g/mol. The largest absolute Gasteiger partial charge is 0.493 e. The number of ether oxygens (including phenoxy) is 2. The molecule has 0 radical (unpaired) electrons. The zero-order valence-electron chi connectivity index (χ0n) is 10.4. The molecule has 0 aromatic heterocycles. The molecule has 1 rings (SSSR count). The zero-order chi connectivity index (χ0) is 14.3. The first-order valence-corrected chi connectivity index (χ1v) is 5.63. The highest BCUT2D eigenvalue weighted by Crippen LogP contribution is 2.25. The Morgan fingerprint density at radius 3 is 2.47 bits per heavy atom. The Morgan fingerprint density at radius 1 is 1.26 bits per heavy atom. The molecule has 4 nitrogen and oxygen atoms in total. The molecule has 0 spiro atoms. The third kappa shape index (κ3) is 6.30. The molecule has 7 heteroatoms. The standard InChI is InChI=1S/C12H16F3NO3/c1-18-10-4-2-3-5-11(10)19-7-9(17)6-16-8-12(13,14)15/h2-5,9,16-17H,6-8H2,1H3. The highest BCUT2D eigenvalue weighted by atomic mass is 19.4.